The van der Waals surface area contributed by atoms with Gasteiger partial charge in [-0.15, -0.1) is 0 Å². The number of hydrogen-bond donors (Lipinski definition) is 1. The molecule has 5 nitrogen and oxygen atoms in total. The summed E-state index contributed by atoms with van der Waals surface area (Å²) in [4.78, 5) is 14.1. The standard InChI is InChI=1S/C19H21F3N2O3S/c1-4-23-28(26,27)16-10-5-13(2)17(11-16)18(25)24(3)12-14-6-8-15(9-7-14)19(20,21)22/h5-11,23H,4,12H2,1-3H3. The maximum absolute atomic E-state index is 12.8. The molecule has 9 heteroatoms. The Morgan fingerprint density at radius 1 is 1.11 bits per heavy atom. The van der Waals surface area contributed by atoms with Gasteiger partial charge in [0.1, 0.15) is 0 Å². The van der Waals surface area contributed by atoms with Crippen LogP contribution in [0.3, 0.4) is 0 Å². The van der Waals surface area contributed by atoms with Crippen molar-refractivity contribution in [3.05, 3.63) is 64.7 Å². The summed E-state index contributed by atoms with van der Waals surface area (Å²) in [7, 11) is -2.21. The number of amides is 1. The average Bonchev–Trinajstić information content (AvgIpc) is 2.61. The van der Waals surface area contributed by atoms with E-state index in [1.165, 1.54) is 36.2 Å². The number of hydrogen-bond acceptors (Lipinski definition) is 3. The molecule has 2 aromatic carbocycles. The van der Waals surface area contributed by atoms with Crippen molar-refractivity contribution in [2.75, 3.05) is 13.6 Å². The molecule has 2 rings (SSSR count). The van der Waals surface area contributed by atoms with E-state index in [0.717, 1.165) is 12.1 Å². The molecule has 0 heterocycles. The van der Waals surface area contributed by atoms with Crippen molar-refractivity contribution in [2.45, 2.75) is 31.5 Å². The SMILES string of the molecule is CCNS(=O)(=O)c1ccc(C)c(C(=O)N(C)Cc2ccc(C(F)(F)F)cc2)c1. The van der Waals surface area contributed by atoms with Crippen molar-refractivity contribution in [3.63, 3.8) is 0 Å². The van der Waals surface area contributed by atoms with Crippen molar-refractivity contribution >= 4 is 15.9 Å². The van der Waals surface area contributed by atoms with Gasteiger partial charge in [0.15, 0.2) is 0 Å². The summed E-state index contributed by atoms with van der Waals surface area (Å²) in [5, 5.41) is 0. The van der Waals surface area contributed by atoms with Gasteiger partial charge in [-0.25, -0.2) is 13.1 Å². The van der Waals surface area contributed by atoms with Crippen molar-refractivity contribution in [2.24, 2.45) is 0 Å². The smallest absolute Gasteiger partial charge is 0.337 e. The lowest BCUT2D eigenvalue weighted by atomic mass is 10.1. The lowest BCUT2D eigenvalue weighted by Crippen LogP contribution is -2.28. The predicted octanol–water partition coefficient (Wildman–Crippen LogP) is 3.58. The number of rotatable bonds is 6. The molecule has 0 aliphatic carbocycles. The number of nitrogens with zero attached hydrogens (tertiary/aromatic N) is 1. The zero-order chi connectivity index (χ0) is 21.1. The third kappa shape index (κ3) is 5.11. The van der Waals surface area contributed by atoms with Crippen LogP contribution in [0.4, 0.5) is 13.2 Å². The van der Waals surface area contributed by atoms with Gasteiger partial charge in [-0.2, -0.15) is 13.2 Å². The fourth-order valence-electron chi connectivity index (χ4n) is 2.62. The van der Waals surface area contributed by atoms with Crippen molar-refractivity contribution in [1.29, 1.82) is 0 Å². The molecule has 0 radical (unpaired) electrons. The molecule has 0 aromatic heterocycles. The quantitative estimate of drug-likeness (QED) is 0.786. The van der Waals surface area contributed by atoms with Gasteiger partial charge >= 0.3 is 6.18 Å². The highest BCUT2D eigenvalue weighted by Crippen LogP contribution is 2.29. The zero-order valence-corrected chi connectivity index (χ0v) is 16.5. The van der Waals surface area contributed by atoms with Gasteiger partial charge in [0.2, 0.25) is 10.0 Å². The van der Waals surface area contributed by atoms with E-state index in [9.17, 15) is 26.4 Å². The molecule has 0 unspecified atom stereocenters. The van der Waals surface area contributed by atoms with Crippen LogP contribution in [0.2, 0.25) is 0 Å². The summed E-state index contributed by atoms with van der Waals surface area (Å²) in [6.45, 7) is 3.63. The van der Waals surface area contributed by atoms with E-state index < -0.39 is 27.7 Å². The third-order valence-electron chi connectivity index (χ3n) is 4.13. The molecule has 28 heavy (non-hydrogen) atoms. The molecular formula is C19H21F3N2O3S. The second-order valence-corrected chi connectivity index (χ2v) is 8.10. The number of sulfonamides is 1. The molecule has 152 valence electrons. The number of halogens is 3. The minimum absolute atomic E-state index is 0.0220. The molecule has 0 aliphatic rings. The van der Waals surface area contributed by atoms with Gasteiger partial charge in [0, 0.05) is 25.7 Å². The molecule has 0 atom stereocenters. The first-order valence-electron chi connectivity index (χ1n) is 8.47. The molecule has 0 fully saturated rings. The summed E-state index contributed by atoms with van der Waals surface area (Å²) in [6.07, 6.45) is -4.42. The van der Waals surface area contributed by atoms with Crippen LogP contribution in [0.5, 0.6) is 0 Å². The minimum Gasteiger partial charge on any atom is -0.337 e. The molecular weight excluding hydrogens is 393 g/mol. The highest BCUT2D eigenvalue weighted by molar-refractivity contribution is 7.89. The van der Waals surface area contributed by atoms with Crippen LogP contribution in [-0.2, 0) is 22.7 Å². The fourth-order valence-corrected chi connectivity index (χ4v) is 3.69. The second kappa shape index (κ2) is 8.32. The Morgan fingerprint density at radius 2 is 1.71 bits per heavy atom. The van der Waals surface area contributed by atoms with Crippen LogP contribution >= 0.6 is 0 Å². The van der Waals surface area contributed by atoms with Crippen LogP contribution in [-0.4, -0.2) is 32.8 Å². The van der Waals surface area contributed by atoms with Crippen LogP contribution in [0, 0.1) is 6.92 Å². The van der Waals surface area contributed by atoms with Crippen LogP contribution in [0.15, 0.2) is 47.4 Å². The lowest BCUT2D eigenvalue weighted by Gasteiger charge is -2.19. The van der Waals surface area contributed by atoms with Crippen molar-refractivity contribution < 1.29 is 26.4 Å². The van der Waals surface area contributed by atoms with Gasteiger partial charge in [0.05, 0.1) is 10.5 Å². The molecule has 0 bridgehead atoms. The monoisotopic (exact) mass is 414 g/mol. The zero-order valence-electron chi connectivity index (χ0n) is 15.7. The summed E-state index contributed by atoms with van der Waals surface area (Å²) in [5.41, 5.74) is 0.577. The summed E-state index contributed by atoms with van der Waals surface area (Å²) < 4.78 is 64.6. The Kier molecular flexibility index (Phi) is 6.51. The number of nitrogens with one attached hydrogen (secondary N) is 1. The second-order valence-electron chi connectivity index (χ2n) is 6.33. The first-order valence-corrected chi connectivity index (χ1v) is 9.96. The summed E-state index contributed by atoms with van der Waals surface area (Å²) >= 11 is 0. The van der Waals surface area contributed by atoms with E-state index in [1.807, 2.05) is 0 Å². The van der Waals surface area contributed by atoms with Gasteiger partial charge in [-0.05, 0) is 42.3 Å². The van der Waals surface area contributed by atoms with Gasteiger partial charge < -0.3 is 4.90 Å². The molecule has 1 N–H and O–H groups in total. The molecule has 2 aromatic rings. The average molecular weight is 414 g/mol. The fraction of sp³-hybridized carbons (Fsp3) is 0.316. The first-order chi connectivity index (χ1) is 13.0. The molecule has 0 saturated carbocycles. The predicted molar refractivity (Wildman–Crippen MR) is 99.3 cm³/mol. The maximum atomic E-state index is 12.8. The van der Waals surface area contributed by atoms with E-state index in [0.29, 0.717) is 11.1 Å². The van der Waals surface area contributed by atoms with Crippen molar-refractivity contribution in [3.8, 4) is 0 Å². The maximum Gasteiger partial charge on any atom is 0.416 e. The Hall–Kier alpha value is -2.39. The van der Waals surface area contributed by atoms with E-state index in [-0.39, 0.29) is 23.5 Å². The third-order valence-corrected chi connectivity index (χ3v) is 5.68. The topological polar surface area (TPSA) is 66.5 Å². The molecule has 0 spiro atoms. The summed E-state index contributed by atoms with van der Waals surface area (Å²) in [6, 6.07) is 8.81. The van der Waals surface area contributed by atoms with E-state index in [1.54, 1.807) is 19.9 Å². The van der Waals surface area contributed by atoms with Gasteiger partial charge in [-0.1, -0.05) is 25.1 Å². The molecule has 0 saturated heterocycles. The first kappa shape index (κ1) is 21.9. The van der Waals surface area contributed by atoms with Crippen LogP contribution in [0.1, 0.15) is 34.0 Å². The number of aryl methyl sites for hydroxylation is 1. The Labute approximate surface area is 162 Å². The van der Waals surface area contributed by atoms with E-state index >= 15 is 0 Å². The van der Waals surface area contributed by atoms with Crippen LogP contribution in [0.25, 0.3) is 0 Å². The Balaban J connectivity index is 2.23. The largest absolute Gasteiger partial charge is 0.416 e. The highest BCUT2D eigenvalue weighted by Gasteiger charge is 2.30. The normalized spacial score (nSPS) is 12.1. The Morgan fingerprint density at radius 3 is 2.25 bits per heavy atom. The van der Waals surface area contributed by atoms with Gasteiger partial charge in [0.25, 0.3) is 5.91 Å². The van der Waals surface area contributed by atoms with E-state index in [4.69, 9.17) is 0 Å². The molecule has 0 aliphatic heterocycles. The molecule has 1 amide bonds. The minimum atomic E-state index is -4.42. The number of carbonyl (C=O) groups is 1. The summed E-state index contributed by atoms with van der Waals surface area (Å²) in [5.74, 6) is -0.425. The van der Waals surface area contributed by atoms with E-state index in [2.05, 4.69) is 4.72 Å². The lowest BCUT2D eigenvalue weighted by molar-refractivity contribution is -0.137. The van der Waals surface area contributed by atoms with Gasteiger partial charge in [-0.3, -0.25) is 4.79 Å². The number of benzene rings is 2. The number of alkyl halides is 3. The number of carbonyl (C=O) groups excluding carboxylic acids is 1. The highest BCUT2D eigenvalue weighted by atomic mass is 32.2. The van der Waals surface area contributed by atoms with Crippen molar-refractivity contribution in [1.82, 2.24) is 9.62 Å². The Bertz CT molecular complexity index is 955. The van der Waals surface area contributed by atoms with Crippen LogP contribution < -0.4 is 4.72 Å².